The van der Waals surface area contributed by atoms with Crippen molar-refractivity contribution in [2.45, 2.75) is 45.8 Å². The highest BCUT2D eigenvalue weighted by Crippen LogP contribution is 2.17. The van der Waals surface area contributed by atoms with E-state index in [1.807, 2.05) is 0 Å². The van der Waals surface area contributed by atoms with Crippen LogP contribution in [-0.2, 0) is 13.3 Å². The van der Waals surface area contributed by atoms with Gasteiger partial charge in [-0.25, -0.2) is 0 Å². The Morgan fingerprint density at radius 2 is 1.17 bits per heavy atom. The summed E-state index contributed by atoms with van der Waals surface area (Å²) in [5.41, 5.74) is 0. The molecule has 18 heavy (non-hydrogen) atoms. The summed E-state index contributed by atoms with van der Waals surface area (Å²) in [5.74, 6) is -1.37. The molecule has 0 aromatic heterocycles. The van der Waals surface area contributed by atoms with Crippen LogP contribution in [0.5, 0.6) is 0 Å². The molecular weight excluding hydrogens is 393 g/mol. The third kappa shape index (κ3) is 30.3. The first-order valence-corrected chi connectivity index (χ1v) is 19.2. The van der Waals surface area contributed by atoms with Crippen LogP contribution in [0.2, 0.25) is 45.8 Å². The van der Waals surface area contributed by atoms with Gasteiger partial charge in [0.1, 0.15) is 0 Å². The molecule has 0 bridgehead atoms. The van der Waals surface area contributed by atoms with Crippen molar-refractivity contribution in [3.8, 4) is 0 Å². The fraction of sp³-hybridized carbons (Fsp3) is 1.00. The Bertz CT molecular complexity index is 199. The molecule has 0 spiro atoms. The topological polar surface area (TPSA) is 51.5 Å². The first-order valence-electron chi connectivity index (χ1n) is 5.90. The van der Waals surface area contributed by atoms with Gasteiger partial charge in [-0.1, -0.05) is 0 Å². The molecule has 114 valence electrons. The summed E-state index contributed by atoms with van der Waals surface area (Å²) in [4.78, 5) is 0. The first kappa shape index (κ1) is 24.1. The van der Waals surface area contributed by atoms with Crippen LogP contribution in [0.3, 0.4) is 0 Å². The molecule has 4 nitrogen and oxygen atoms in total. The lowest BCUT2D eigenvalue weighted by Crippen LogP contribution is -2.22. The van der Waals surface area contributed by atoms with Crippen molar-refractivity contribution in [1.82, 2.24) is 0 Å². The summed E-state index contributed by atoms with van der Waals surface area (Å²) >= 11 is -0.372. The van der Waals surface area contributed by atoms with Crippen LogP contribution < -0.4 is 0 Å². The normalized spacial score (nSPS) is 11.3. The quantitative estimate of drug-likeness (QED) is 0.418. The number of halogens is 1. The maximum Gasteiger partial charge on any atom is 0.266 e. The van der Waals surface area contributed by atoms with Gasteiger partial charge in [-0.2, -0.15) is 0 Å². The number of hydrogen-bond donors (Lipinski definition) is 1. The molecule has 0 atom stereocenters. The van der Waals surface area contributed by atoms with Crippen molar-refractivity contribution in [3.05, 3.63) is 0 Å². The van der Waals surface area contributed by atoms with Gasteiger partial charge in [0.2, 0.25) is 0 Å². The number of rotatable bonds is 4. The Balaban J connectivity index is -0.000000190. The van der Waals surface area contributed by atoms with E-state index in [1.165, 1.54) is 0 Å². The van der Waals surface area contributed by atoms with Crippen molar-refractivity contribution in [3.63, 3.8) is 0 Å². The van der Waals surface area contributed by atoms with E-state index in [2.05, 4.69) is 45.8 Å². The van der Waals surface area contributed by atoms with Crippen LogP contribution in [0, 0.1) is 3.56 Å². The van der Waals surface area contributed by atoms with Crippen LogP contribution in [0.1, 0.15) is 0 Å². The minimum Gasteiger partial charge on any atom is -0.424 e. The Labute approximate surface area is 127 Å². The average Bonchev–Trinajstić information content (AvgIpc) is 2.29. The molecule has 0 aliphatic carbocycles. The monoisotopic (exact) mass is 425 g/mol. The average molecular weight is 426 g/mol. The minimum atomic E-state index is -1.37. The van der Waals surface area contributed by atoms with Crippen molar-refractivity contribution in [1.29, 1.82) is 3.56 Å². The summed E-state index contributed by atoms with van der Waals surface area (Å²) in [5, 5.41) is 0. The van der Waals surface area contributed by atoms with Gasteiger partial charge in [-0.3, -0.25) is 3.56 Å². The zero-order valence-corrected chi connectivity index (χ0v) is 19.0. The lowest BCUT2D eigenvalue weighted by Gasteiger charge is -2.10. The Kier molecular flexibility index (Phi) is 17.5. The molecule has 0 aliphatic heterocycles. The lowest BCUT2D eigenvalue weighted by atomic mass is 11.8. The van der Waals surface area contributed by atoms with Crippen LogP contribution in [0.15, 0.2) is 0 Å². The lowest BCUT2D eigenvalue weighted by molar-refractivity contribution is 0.411. The van der Waals surface area contributed by atoms with Crippen LogP contribution >= 0.6 is 20.2 Å². The fourth-order valence-electron chi connectivity index (χ4n) is 0.0386. The minimum absolute atomic E-state index is 0.372. The second kappa shape index (κ2) is 13.1. The van der Waals surface area contributed by atoms with Crippen LogP contribution in [-0.4, -0.2) is 44.5 Å². The molecule has 0 fully saturated rings. The zero-order chi connectivity index (χ0) is 15.4. The fourth-order valence-corrected chi connectivity index (χ4v) is 0.776. The highest BCUT2D eigenvalue weighted by atomic mass is 127. The van der Waals surface area contributed by atoms with E-state index < -0.39 is 23.2 Å². The van der Waals surface area contributed by atoms with E-state index in [0.29, 0.717) is 0 Å². The summed E-state index contributed by atoms with van der Waals surface area (Å²) in [7, 11) is 3.46. The SMILES string of the molecule is CO[SiH](C)C.CO[Si](C)(C)C.CO[Si](C)(C)I=N. The van der Waals surface area contributed by atoms with E-state index in [9.17, 15) is 0 Å². The van der Waals surface area contributed by atoms with E-state index in [-0.39, 0.29) is 20.2 Å². The smallest absolute Gasteiger partial charge is 0.266 e. The third-order valence-corrected chi connectivity index (χ3v) is 10.6. The van der Waals surface area contributed by atoms with Gasteiger partial charge in [0, 0.05) is 21.3 Å². The Hall–Kier alpha value is 1.06. The number of nitrogens with one attached hydrogen (secondary N) is 1. The van der Waals surface area contributed by atoms with Crippen LogP contribution in [0.4, 0.5) is 0 Å². The molecule has 0 rings (SSSR count). The highest BCUT2D eigenvalue weighted by molar-refractivity contribution is 14.2. The third-order valence-electron chi connectivity index (χ3n) is 1.80. The molecule has 0 saturated heterocycles. The van der Waals surface area contributed by atoms with Crippen molar-refractivity contribution in [2.75, 3.05) is 21.3 Å². The van der Waals surface area contributed by atoms with Gasteiger partial charge < -0.3 is 13.3 Å². The number of hydrogen-bond acceptors (Lipinski definition) is 4. The maximum atomic E-state index is 7.05. The maximum absolute atomic E-state index is 7.05. The largest absolute Gasteiger partial charge is 0.424 e. The Morgan fingerprint density at radius 1 is 0.889 bits per heavy atom. The van der Waals surface area contributed by atoms with Crippen LogP contribution in [0.25, 0.3) is 0 Å². The molecule has 0 amide bonds. The van der Waals surface area contributed by atoms with E-state index in [4.69, 9.17) is 16.8 Å². The zero-order valence-electron chi connectivity index (χ0n) is 13.7. The standard InChI is InChI=1S/C4H12OSi.C3H10INOSi.C3H10OSi/c1-5-6(2,3)4;1-6-7(2,3)4-5;1-4-5(2)3/h1-4H3;5H,1-3H3;5H,1-3H3. The summed E-state index contributed by atoms with van der Waals surface area (Å²) in [6, 6.07) is 0. The molecule has 0 heterocycles. The van der Waals surface area contributed by atoms with Gasteiger partial charge >= 0.3 is 0 Å². The van der Waals surface area contributed by atoms with E-state index in [0.717, 1.165) is 0 Å². The van der Waals surface area contributed by atoms with Crippen molar-refractivity contribution < 1.29 is 13.3 Å². The molecule has 1 N–H and O–H groups in total. The Morgan fingerprint density at radius 3 is 1.17 bits per heavy atom. The van der Waals surface area contributed by atoms with Crippen molar-refractivity contribution in [2.24, 2.45) is 0 Å². The van der Waals surface area contributed by atoms with Gasteiger partial charge in [0.25, 0.3) is 5.81 Å². The van der Waals surface area contributed by atoms with Gasteiger partial charge in [-0.05, 0) is 66.1 Å². The summed E-state index contributed by atoms with van der Waals surface area (Å²) in [6.07, 6.45) is 0. The molecular formula is C10H32INO3Si3. The van der Waals surface area contributed by atoms with E-state index >= 15 is 0 Å². The summed E-state index contributed by atoms with van der Waals surface area (Å²) < 4.78 is 22.1. The molecule has 0 aromatic rings. The van der Waals surface area contributed by atoms with Crippen molar-refractivity contribution >= 4 is 43.4 Å². The molecule has 0 aromatic carbocycles. The predicted octanol–water partition coefficient (Wildman–Crippen LogP) is 4.15. The van der Waals surface area contributed by atoms with Gasteiger partial charge in [0.15, 0.2) is 17.4 Å². The summed E-state index contributed by atoms with van der Waals surface area (Å²) in [6.45, 7) is 14.9. The highest BCUT2D eigenvalue weighted by Gasteiger charge is 2.16. The molecule has 0 saturated carbocycles. The second-order valence-electron chi connectivity index (χ2n) is 5.26. The molecule has 0 unspecified atom stereocenters. The molecule has 8 heteroatoms. The first-order chi connectivity index (χ1) is 7.95. The van der Waals surface area contributed by atoms with Gasteiger partial charge in [0.05, 0.1) is 0 Å². The second-order valence-corrected chi connectivity index (χ2v) is 25.2. The molecule has 0 aliphatic rings. The van der Waals surface area contributed by atoms with E-state index in [1.54, 1.807) is 21.3 Å². The molecule has 0 radical (unpaired) electrons. The predicted molar refractivity (Wildman–Crippen MR) is 97.5 cm³/mol. The van der Waals surface area contributed by atoms with Gasteiger partial charge in [-0.15, -0.1) is 0 Å².